The number of nitrogens with one attached hydrogen (secondary N) is 1. The largest absolute Gasteiger partial charge is 0.466 e. The van der Waals surface area contributed by atoms with Gasteiger partial charge in [0.15, 0.2) is 0 Å². The summed E-state index contributed by atoms with van der Waals surface area (Å²) in [5.74, 6) is -0.430. The van der Waals surface area contributed by atoms with Crippen molar-refractivity contribution in [2.24, 2.45) is 0 Å². The van der Waals surface area contributed by atoms with Crippen LogP contribution in [-0.2, 0) is 20.8 Å². The molecule has 0 aromatic rings. The number of esters is 1. The molecule has 6 heteroatoms. The lowest BCUT2D eigenvalue weighted by Crippen LogP contribution is -2.16. The van der Waals surface area contributed by atoms with Crippen molar-refractivity contribution in [1.82, 2.24) is 4.72 Å². The van der Waals surface area contributed by atoms with Gasteiger partial charge in [-0.15, -0.1) is 0 Å². The zero-order chi connectivity index (χ0) is 9.40. The zero-order valence-corrected chi connectivity index (χ0v) is 7.47. The second-order valence-electron chi connectivity index (χ2n) is 1.86. The van der Waals surface area contributed by atoms with Gasteiger partial charge in [-0.25, -0.2) is 13.7 Å². The summed E-state index contributed by atoms with van der Waals surface area (Å²) in [5, 5.41) is 0. The lowest BCUT2D eigenvalue weighted by molar-refractivity contribution is -0.134. The van der Waals surface area contributed by atoms with E-state index in [-0.39, 0.29) is 0 Å². The van der Waals surface area contributed by atoms with E-state index >= 15 is 0 Å². The summed E-state index contributed by atoms with van der Waals surface area (Å²) in [5.41, 5.74) is 0. The van der Waals surface area contributed by atoms with Gasteiger partial charge in [0.05, 0.1) is 7.11 Å². The second kappa shape index (κ2) is 6.96. The topological polar surface area (TPSA) is 75.6 Å². The fraction of sp³-hybridized carbons (Fsp3) is 0.500. The molecule has 0 aliphatic rings. The monoisotopic (exact) mass is 193 g/mol. The first-order valence-corrected chi connectivity index (χ1v) is 4.36. The Labute approximate surface area is 73.2 Å². The SMILES string of the molecule is COC(=O)C=CCCNS(=O)O. The Hall–Kier alpha value is -0.720. The van der Waals surface area contributed by atoms with E-state index in [1.165, 1.54) is 13.2 Å². The summed E-state index contributed by atoms with van der Waals surface area (Å²) in [6, 6.07) is 0. The standard InChI is InChI=1S/C6H11NO4S/c1-11-6(8)4-2-3-5-7-12(9)10/h2,4,7H,3,5H2,1H3,(H,9,10). The van der Waals surface area contributed by atoms with Gasteiger partial charge in [0.25, 0.3) is 0 Å². The third-order valence-corrected chi connectivity index (χ3v) is 1.44. The van der Waals surface area contributed by atoms with Crippen LogP contribution in [0.5, 0.6) is 0 Å². The highest BCUT2D eigenvalue weighted by Crippen LogP contribution is 1.83. The molecule has 2 N–H and O–H groups in total. The number of carbonyl (C=O) groups excluding carboxylic acids is 1. The first-order valence-electron chi connectivity index (χ1n) is 3.25. The molecule has 0 saturated carbocycles. The predicted molar refractivity (Wildman–Crippen MR) is 44.5 cm³/mol. The highest BCUT2D eigenvalue weighted by atomic mass is 32.2. The molecule has 70 valence electrons. The molecule has 0 aromatic carbocycles. The molecule has 1 unspecified atom stereocenters. The molecular weight excluding hydrogens is 182 g/mol. The van der Waals surface area contributed by atoms with Gasteiger partial charge >= 0.3 is 5.97 Å². The Morgan fingerprint density at radius 2 is 2.42 bits per heavy atom. The molecule has 0 aliphatic heterocycles. The van der Waals surface area contributed by atoms with E-state index in [9.17, 15) is 9.00 Å². The van der Waals surface area contributed by atoms with Crippen LogP contribution in [0.25, 0.3) is 0 Å². The maximum Gasteiger partial charge on any atom is 0.330 e. The van der Waals surface area contributed by atoms with Crippen molar-refractivity contribution >= 4 is 17.2 Å². The third-order valence-electron chi connectivity index (χ3n) is 0.992. The quantitative estimate of drug-likeness (QED) is 0.275. The van der Waals surface area contributed by atoms with E-state index in [2.05, 4.69) is 9.46 Å². The minimum absolute atomic E-state index is 0.344. The number of rotatable bonds is 5. The minimum Gasteiger partial charge on any atom is -0.466 e. The summed E-state index contributed by atoms with van der Waals surface area (Å²) >= 11 is -1.98. The van der Waals surface area contributed by atoms with Gasteiger partial charge in [-0.3, -0.25) is 4.55 Å². The average molecular weight is 193 g/mol. The Morgan fingerprint density at radius 1 is 1.75 bits per heavy atom. The zero-order valence-electron chi connectivity index (χ0n) is 6.65. The molecule has 0 aliphatic carbocycles. The van der Waals surface area contributed by atoms with Crippen LogP contribution >= 0.6 is 0 Å². The predicted octanol–water partition coefficient (Wildman–Crippen LogP) is -0.168. The number of hydrogen-bond donors (Lipinski definition) is 2. The van der Waals surface area contributed by atoms with Crippen molar-refractivity contribution in [3.05, 3.63) is 12.2 Å². The first kappa shape index (κ1) is 11.3. The van der Waals surface area contributed by atoms with Crippen LogP contribution in [0.15, 0.2) is 12.2 Å². The van der Waals surface area contributed by atoms with Crippen LogP contribution in [0.3, 0.4) is 0 Å². The van der Waals surface area contributed by atoms with Crippen LogP contribution in [0.1, 0.15) is 6.42 Å². The summed E-state index contributed by atoms with van der Waals surface area (Å²) < 4.78 is 24.9. The van der Waals surface area contributed by atoms with Crippen molar-refractivity contribution in [2.75, 3.05) is 13.7 Å². The van der Waals surface area contributed by atoms with Crippen molar-refractivity contribution in [1.29, 1.82) is 0 Å². The molecular formula is C6H11NO4S. The van der Waals surface area contributed by atoms with Crippen molar-refractivity contribution < 1.29 is 18.3 Å². The lowest BCUT2D eigenvalue weighted by Gasteiger charge is -1.93. The molecule has 1 atom stereocenters. The van der Waals surface area contributed by atoms with E-state index in [1.54, 1.807) is 6.08 Å². The maximum atomic E-state index is 10.5. The van der Waals surface area contributed by atoms with E-state index in [1.807, 2.05) is 0 Å². The summed E-state index contributed by atoms with van der Waals surface area (Å²) in [4.78, 5) is 10.5. The molecule has 0 fully saturated rings. The molecule has 0 radical (unpaired) electrons. The first-order chi connectivity index (χ1) is 5.66. The fourth-order valence-electron chi connectivity index (χ4n) is 0.477. The van der Waals surface area contributed by atoms with Crippen LogP contribution in [0, 0.1) is 0 Å². The summed E-state index contributed by atoms with van der Waals surface area (Å²) in [6.07, 6.45) is 3.33. The molecule has 0 saturated heterocycles. The Bertz CT molecular complexity index is 192. The van der Waals surface area contributed by atoms with Crippen molar-refractivity contribution in [2.45, 2.75) is 6.42 Å². The van der Waals surface area contributed by atoms with E-state index < -0.39 is 17.2 Å². The molecule has 12 heavy (non-hydrogen) atoms. The maximum absolute atomic E-state index is 10.5. The van der Waals surface area contributed by atoms with Crippen LogP contribution in [0.2, 0.25) is 0 Å². The van der Waals surface area contributed by atoms with Gasteiger partial charge in [0.2, 0.25) is 11.3 Å². The number of ether oxygens (including phenoxy) is 1. The molecule has 0 aromatic heterocycles. The van der Waals surface area contributed by atoms with Gasteiger partial charge < -0.3 is 4.74 Å². The lowest BCUT2D eigenvalue weighted by atomic mass is 10.4. The number of methoxy groups -OCH3 is 1. The molecule has 5 nitrogen and oxygen atoms in total. The van der Waals surface area contributed by atoms with Crippen molar-refractivity contribution in [3.8, 4) is 0 Å². The Kier molecular flexibility index (Phi) is 6.54. The normalized spacial score (nSPS) is 13.2. The van der Waals surface area contributed by atoms with Gasteiger partial charge in [0.1, 0.15) is 0 Å². The molecule has 0 heterocycles. The number of carbonyl (C=O) groups is 1. The van der Waals surface area contributed by atoms with Gasteiger partial charge in [-0.05, 0) is 6.42 Å². The third kappa shape index (κ3) is 7.39. The Morgan fingerprint density at radius 3 is 2.92 bits per heavy atom. The van der Waals surface area contributed by atoms with Crippen LogP contribution in [-0.4, -0.2) is 28.4 Å². The molecule has 0 rings (SSSR count). The highest BCUT2D eigenvalue weighted by molar-refractivity contribution is 7.77. The van der Waals surface area contributed by atoms with Gasteiger partial charge in [0, 0.05) is 12.6 Å². The smallest absolute Gasteiger partial charge is 0.330 e. The van der Waals surface area contributed by atoms with E-state index in [0.717, 1.165) is 0 Å². The van der Waals surface area contributed by atoms with Crippen LogP contribution < -0.4 is 4.72 Å². The number of hydrogen-bond acceptors (Lipinski definition) is 3. The van der Waals surface area contributed by atoms with Crippen molar-refractivity contribution in [3.63, 3.8) is 0 Å². The fourth-order valence-corrected chi connectivity index (χ4v) is 0.770. The van der Waals surface area contributed by atoms with E-state index in [0.29, 0.717) is 13.0 Å². The molecule has 0 bridgehead atoms. The summed E-state index contributed by atoms with van der Waals surface area (Å²) in [6.45, 7) is 0.344. The average Bonchev–Trinajstić information content (AvgIpc) is 2.03. The van der Waals surface area contributed by atoms with Crippen LogP contribution in [0.4, 0.5) is 0 Å². The highest BCUT2D eigenvalue weighted by Gasteiger charge is 1.90. The van der Waals surface area contributed by atoms with Gasteiger partial charge in [-0.2, -0.15) is 0 Å². The molecule has 0 amide bonds. The Balaban J connectivity index is 3.36. The molecule has 0 spiro atoms. The van der Waals surface area contributed by atoms with E-state index in [4.69, 9.17) is 4.55 Å². The van der Waals surface area contributed by atoms with Gasteiger partial charge in [-0.1, -0.05) is 6.08 Å². The minimum atomic E-state index is -1.98. The second-order valence-corrected chi connectivity index (χ2v) is 2.64. The summed E-state index contributed by atoms with van der Waals surface area (Å²) in [7, 11) is 1.29.